The van der Waals surface area contributed by atoms with Crippen LogP contribution in [-0.4, -0.2) is 12.5 Å². The van der Waals surface area contributed by atoms with Crippen LogP contribution in [0.4, 0.5) is 4.39 Å². The third-order valence-electron chi connectivity index (χ3n) is 0.745. The number of hydrogen-bond donors (Lipinski definition) is 0. The summed E-state index contributed by atoms with van der Waals surface area (Å²) in [5.74, 6) is -0.227. The van der Waals surface area contributed by atoms with Crippen LogP contribution in [0.3, 0.4) is 0 Å². The Morgan fingerprint density at radius 3 is 2.00 bits per heavy atom. The van der Waals surface area contributed by atoms with E-state index in [9.17, 15) is 4.39 Å². The highest BCUT2D eigenvalue weighted by Gasteiger charge is 1.97. The van der Waals surface area contributed by atoms with E-state index >= 15 is 0 Å². The lowest BCUT2D eigenvalue weighted by Crippen LogP contribution is -1.70. The molecule has 0 spiro atoms. The van der Waals surface area contributed by atoms with E-state index in [1.807, 2.05) is 12.5 Å². The molecular weight excluding hydrogens is 155 g/mol. The minimum atomic E-state index is -0.227. The van der Waals surface area contributed by atoms with Crippen molar-refractivity contribution in [3.63, 3.8) is 0 Å². The quantitative estimate of drug-likeness (QED) is 0.588. The molecule has 0 aliphatic heterocycles. The number of allylic oxidation sites excluding steroid dienone is 2. The Morgan fingerprint density at radius 1 is 1.44 bits per heavy atom. The normalized spacial score (nSPS) is 8.78. The Hall–Kier alpha value is 0.110. The summed E-state index contributed by atoms with van der Waals surface area (Å²) < 4.78 is 13.2. The lowest BCUT2D eigenvalue weighted by atomic mass is 10.6. The predicted molar refractivity (Wildman–Crippen MR) is 45.4 cm³/mol. The zero-order valence-electron chi connectivity index (χ0n) is 5.48. The van der Waals surface area contributed by atoms with Gasteiger partial charge in [-0.1, -0.05) is 6.58 Å². The molecule has 0 aromatic carbocycles. The fourth-order valence-electron chi connectivity index (χ4n) is 0.362. The van der Waals surface area contributed by atoms with Crippen molar-refractivity contribution in [2.75, 3.05) is 12.5 Å². The molecule has 0 aliphatic rings. The second-order valence-electron chi connectivity index (χ2n) is 1.25. The van der Waals surface area contributed by atoms with Gasteiger partial charge in [0.2, 0.25) is 0 Å². The molecule has 0 aromatic heterocycles. The van der Waals surface area contributed by atoms with Crippen LogP contribution in [0.1, 0.15) is 0 Å². The molecule has 0 heterocycles. The smallest absolute Gasteiger partial charge is 0.142 e. The molecule has 0 aliphatic carbocycles. The van der Waals surface area contributed by atoms with Gasteiger partial charge in [-0.15, -0.1) is 23.5 Å². The van der Waals surface area contributed by atoms with Gasteiger partial charge >= 0.3 is 0 Å². The summed E-state index contributed by atoms with van der Waals surface area (Å²) in [6, 6.07) is 0. The Bertz CT molecular complexity index is 123. The summed E-state index contributed by atoms with van der Waals surface area (Å²) in [7, 11) is 0. The van der Waals surface area contributed by atoms with E-state index in [2.05, 4.69) is 6.58 Å². The van der Waals surface area contributed by atoms with Crippen molar-refractivity contribution >= 4 is 23.5 Å². The molecule has 0 nitrogen and oxygen atoms in total. The second-order valence-corrected chi connectivity index (χ2v) is 3.14. The standard InChI is InChI=1S/C6H9FS2/c1-4-5(7)6(8-2)9-3/h4H,1H2,2-3H3. The van der Waals surface area contributed by atoms with Crippen molar-refractivity contribution in [1.29, 1.82) is 0 Å². The van der Waals surface area contributed by atoms with Gasteiger partial charge in [-0.05, 0) is 18.6 Å². The molecule has 0 rings (SSSR count). The SMILES string of the molecule is C=CC(F)=C(SC)SC. The Balaban J connectivity index is 4.17. The van der Waals surface area contributed by atoms with Crippen LogP contribution in [0.15, 0.2) is 22.7 Å². The number of halogens is 1. The molecule has 3 heteroatoms. The van der Waals surface area contributed by atoms with Crippen LogP contribution in [0.2, 0.25) is 0 Å². The first-order valence-electron chi connectivity index (χ1n) is 2.36. The van der Waals surface area contributed by atoms with Crippen molar-refractivity contribution in [3.05, 3.63) is 22.7 Å². The van der Waals surface area contributed by atoms with Gasteiger partial charge in [0.1, 0.15) is 5.83 Å². The molecule has 0 unspecified atom stereocenters. The van der Waals surface area contributed by atoms with Gasteiger partial charge < -0.3 is 0 Å². The zero-order chi connectivity index (χ0) is 7.28. The molecular formula is C6H9FS2. The topological polar surface area (TPSA) is 0 Å². The minimum absolute atomic E-state index is 0.227. The Labute approximate surface area is 63.6 Å². The van der Waals surface area contributed by atoms with Gasteiger partial charge in [0.15, 0.2) is 0 Å². The minimum Gasteiger partial charge on any atom is -0.205 e. The molecule has 0 bridgehead atoms. The van der Waals surface area contributed by atoms with Gasteiger partial charge in [-0.25, -0.2) is 4.39 Å². The van der Waals surface area contributed by atoms with E-state index in [0.717, 1.165) is 0 Å². The average Bonchev–Trinajstić information content (AvgIpc) is 1.90. The first-order chi connectivity index (χ1) is 4.26. The lowest BCUT2D eigenvalue weighted by molar-refractivity contribution is 0.668. The van der Waals surface area contributed by atoms with Crippen LogP contribution in [0.25, 0.3) is 0 Å². The molecule has 0 amide bonds. The van der Waals surface area contributed by atoms with Crippen molar-refractivity contribution < 1.29 is 4.39 Å². The van der Waals surface area contributed by atoms with Crippen LogP contribution in [-0.2, 0) is 0 Å². The Morgan fingerprint density at radius 2 is 1.89 bits per heavy atom. The monoisotopic (exact) mass is 164 g/mol. The van der Waals surface area contributed by atoms with Gasteiger partial charge in [0.25, 0.3) is 0 Å². The highest BCUT2D eigenvalue weighted by atomic mass is 32.2. The maximum Gasteiger partial charge on any atom is 0.142 e. The highest BCUT2D eigenvalue weighted by molar-refractivity contribution is 8.21. The molecule has 0 fully saturated rings. The fourth-order valence-corrected chi connectivity index (χ4v) is 1.59. The third-order valence-corrected chi connectivity index (χ3v) is 2.88. The molecule has 0 N–H and O–H groups in total. The predicted octanol–water partition coefficient (Wildman–Crippen LogP) is 3.04. The molecule has 9 heavy (non-hydrogen) atoms. The van der Waals surface area contributed by atoms with E-state index < -0.39 is 0 Å². The summed E-state index contributed by atoms with van der Waals surface area (Å²) in [4.78, 5) is 0. The highest BCUT2D eigenvalue weighted by Crippen LogP contribution is 2.28. The molecule has 0 saturated carbocycles. The molecule has 0 aromatic rings. The molecule has 0 atom stereocenters. The number of rotatable bonds is 3. The first kappa shape index (κ1) is 9.11. The van der Waals surface area contributed by atoms with Crippen molar-refractivity contribution in [2.45, 2.75) is 0 Å². The van der Waals surface area contributed by atoms with Gasteiger partial charge in [0.05, 0.1) is 4.24 Å². The van der Waals surface area contributed by atoms with E-state index in [1.165, 1.54) is 29.6 Å². The average molecular weight is 164 g/mol. The van der Waals surface area contributed by atoms with Crippen LogP contribution in [0, 0.1) is 0 Å². The summed E-state index contributed by atoms with van der Waals surface area (Å²) in [5, 5.41) is 0. The summed E-state index contributed by atoms with van der Waals surface area (Å²) in [6.45, 7) is 3.32. The van der Waals surface area contributed by atoms with Gasteiger partial charge in [-0.2, -0.15) is 0 Å². The maximum absolute atomic E-state index is 12.5. The first-order valence-corrected chi connectivity index (χ1v) is 4.81. The fraction of sp³-hybridized carbons (Fsp3) is 0.333. The van der Waals surface area contributed by atoms with E-state index in [1.54, 1.807) is 0 Å². The van der Waals surface area contributed by atoms with Gasteiger partial charge in [0, 0.05) is 0 Å². The van der Waals surface area contributed by atoms with E-state index in [4.69, 9.17) is 0 Å². The maximum atomic E-state index is 12.5. The van der Waals surface area contributed by atoms with Crippen molar-refractivity contribution in [1.82, 2.24) is 0 Å². The molecule has 0 saturated heterocycles. The third kappa shape index (κ3) is 2.96. The largest absolute Gasteiger partial charge is 0.205 e. The zero-order valence-corrected chi connectivity index (χ0v) is 7.11. The van der Waals surface area contributed by atoms with Crippen molar-refractivity contribution in [2.24, 2.45) is 0 Å². The second kappa shape index (κ2) is 4.94. The van der Waals surface area contributed by atoms with Crippen LogP contribution < -0.4 is 0 Å². The van der Waals surface area contributed by atoms with E-state index in [-0.39, 0.29) is 5.83 Å². The lowest BCUT2D eigenvalue weighted by Gasteiger charge is -1.96. The summed E-state index contributed by atoms with van der Waals surface area (Å²) in [6.07, 6.45) is 4.91. The summed E-state index contributed by atoms with van der Waals surface area (Å²) in [5.41, 5.74) is 0. The number of hydrogen-bond acceptors (Lipinski definition) is 2. The van der Waals surface area contributed by atoms with E-state index in [0.29, 0.717) is 4.24 Å². The van der Waals surface area contributed by atoms with Crippen molar-refractivity contribution in [3.8, 4) is 0 Å². The van der Waals surface area contributed by atoms with Crippen LogP contribution in [0.5, 0.6) is 0 Å². The molecule has 0 radical (unpaired) electrons. The Kier molecular flexibility index (Phi) is 5.00. The summed E-state index contributed by atoms with van der Waals surface area (Å²) >= 11 is 2.80. The number of thioether (sulfide) groups is 2. The van der Waals surface area contributed by atoms with Crippen LogP contribution >= 0.6 is 23.5 Å². The molecule has 52 valence electrons. The van der Waals surface area contributed by atoms with Gasteiger partial charge in [-0.3, -0.25) is 0 Å².